The van der Waals surface area contributed by atoms with Gasteiger partial charge in [0, 0.05) is 6.42 Å². The standard InChI is InChI=1S/C21H40O4/c22-19-20(23)17-15-13-11-9-7-5-3-1-2-4-6-8-10-12-14-16-18-21(24)25/h2,4,20,22-23H,1,3,5-19H2,(H,24,25). The summed E-state index contributed by atoms with van der Waals surface area (Å²) in [5.74, 6) is -0.680. The lowest BCUT2D eigenvalue weighted by molar-refractivity contribution is -0.137. The van der Waals surface area contributed by atoms with E-state index in [0.717, 1.165) is 44.9 Å². The summed E-state index contributed by atoms with van der Waals surface area (Å²) < 4.78 is 0. The molecule has 0 radical (unpaired) electrons. The van der Waals surface area contributed by atoms with Gasteiger partial charge in [-0.1, -0.05) is 69.9 Å². The Morgan fingerprint density at radius 2 is 1.16 bits per heavy atom. The normalized spacial score (nSPS) is 12.7. The van der Waals surface area contributed by atoms with E-state index in [9.17, 15) is 9.90 Å². The number of carbonyl (C=O) groups is 1. The van der Waals surface area contributed by atoms with Gasteiger partial charge in [0.1, 0.15) is 0 Å². The molecule has 0 aliphatic carbocycles. The Labute approximate surface area is 154 Å². The molecule has 0 fully saturated rings. The van der Waals surface area contributed by atoms with E-state index in [2.05, 4.69) is 12.2 Å². The van der Waals surface area contributed by atoms with Gasteiger partial charge in [0.25, 0.3) is 0 Å². The molecule has 0 saturated carbocycles. The van der Waals surface area contributed by atoms with Gasteiger partial charge in [-0.05, 0) is 38.5 Å². The first-order valence-corrected chi connectivity index (χ1v) is 10.3. The summed E-state index contributed by atoms with van der Waals surface area (Å²) in [5, 5.41) is 26.5. The second-order valence-corrected chi connectivity index (χ2v) is 7.06. The van der Waals surface area contributed by atoms with Crippen LogP contribution in [0.25, 0.3) is 0 Å². The van der Waals surface area contributed by atoms with Crippen LogP contribution < -0.4 is 0 Å². The molecule has 1 atom stereocenters. The highest BCUT2D eigenvalue weighted by Crippen LogP contribution is 2.11. The molecular weight excluding hydrogens is 316 g/mol. The average Bonchev–Trinajstić information content (AvgIpc) is 2.60. The van der Waals surface area contributed by atoms with Crippen molar-refractivity contribution in [2.75, 3.05) is 6.61 Å². The number of unbranched alkanes of at least 4 members (excludes halogenated alkanes) is 12. The Morgan fingerprint density at radius 1 is 0.720 bits per heavy atom. The number of carboxylic acids is 1. The Bertz CT molecular complexity index is 315. The molecule has 0 amide bonds. The van der Waals surface area contributed by atoms with Crippen molar-refractivity contribution in [3.63, 3.8) is 0 Å². The van der Waals surface area contributed by atoms with E-state index in [4.69, 9.17) is 10.2 Å². The summed E-state index contributed by atoms with van der Waals surface area (Å²) in [6.07, 6.45) is 21.4. The number of hydrogen-bond donors (Lipinski definition) is 3. The number of aliphatic carboxylic acids is 1. The molecule has 3 N–H and O–H groups in total. The Morgan fingerprint density at radius 3 is 1.64 bits per heavy atom. The van der Waals surface area contributed by atoms with Gasteiger partial charge in [0.05, 0.1) is 12.7 Å². The van der Waals surface area contributed by atoms with Gasteiger partial charge in [0.15, 0.2) is 0 Å². The third-order valence-corrected chi connectivity index (χ3v) is 4.55. The predicted octanol–water partition coefficient (Wildman–Crippen LogP) is 5.22. The Balaban J connectivity index is 3.12. The number of carboxylic acid groups (broad SMARTS) is 1. The van der Waals surface area contributed by atoms with Crippen LogP contribution in [0.2, 0.25) is 0 Å². The number of rotatable bonds is 19. The quantitative estimate of drug-likeness (QED) is 0.219. The molecule has 25 heavy (non-hydrogen) atoms. The summed E-state index contributed by atoms with van der Waals surface area (Å²) >= 11 is 0. The van der Waals surface area contributed by atoms with E-state index in [0.29, 0.717) is 6.42 Å². The maximum absolute atomic E-state index is 10.4. The van der Waals surface area contributed by atoms with Crippen LogP contribution in [0.3, 0.4) is 0 Å². The van der Waals surface area contributed by atoms with Crippen molar-refractivity contribution in [1.29, 1.82) is 0 Å². The Kier molecular flexibility index (Phi) is 18.8. The third kappa shape index (κ3) is 21.1. The van der Waals surface area contributed by atoms with Crippen molar-refractivity contribution < 1.29 is 20.1 Å². The van der Waals surface area contributed by atoms with Gasteiger partial charge < -0.3 is 15.3 Å². The van der Waals surface area contributed by atoms with E-state index < -0.39 is 12.1 Å². The highest BCUT2D eigenvalue weighted by atomic mass is 16.4. The first-order valence-electron chi connectivity index (χ1n) is 10.3. The smallest absolute Gasteiger partial charge is 0.303 e. The van der Waals surface area contributed by atoms with Gasteiger partial charge in [-0.3, -0.25) is 4.79 Å². The van der Waals surface area contributed by atoms with Crippen LogP contribution in [0.15, 0.2) is 12.2 Å². The van der Waals surface area contributed by atoms with Gasteiger partial charge in [-0.25, -0.2) is 0 Å². The molecule has 0 aliphatic rings. The first kappa shape index (κ1) is 24.1. The summed E-state index contributed by atoms with van der Waals surface area (Å²) in [6, 6.07) is 0. The minimum atomic E-state index is -0.680. The first-order chi connectivity index (χ1) is 12.2. The SMILES string of the molecule is O=C(O)CCCCCCCC=CCCCCCCCCCC(O)CO. The monoisotopic (exact) mass is 356 g/mol. The maximum Gasteiger partial charge on any atom is 0.303 e. The second-order valence-electron chi connectivity index (χ2n) is 7.06. The van der Waals surface area contributed by atoms with Crippen LogP contribution in [0.4, 0.5) is 0 Å². The molecule has 0 rings (SSSR count). The van der Waals surface area contributed by atoms with Crippen LogP contribution in [-0.2, 0) is 4.79 Å². The average molecular weight is 357 g/mol. The molecule has 0 aromatic carbocycles. The lowest BCUT2D eigenvalue weighted by Crippen LogP contribution is -2.10. The molecule has 0 aliphatic heterocycles. The third-order valence-electron chi connectivity index (χ3n) is 4.55. The van der Waals surface area contributed by atoms with Crippen molar-refractivity contribution in [2.24, 2.45) is 0 Å². The summed E-state index contributed by atoms with van der Waals surface area (Å²) in [4.78, 5) is 10.4. The summed E-state index contributed by atoms with van der Waals surface area (Å²) in [5.41, 5.74) is 0. The lowest BCUT2D eigenvalue weighted by atomic mass is 10.1. The van der Waals surface area contributed by atoms with E-state index in [1.54, 1.807) is 0 Å². The van der Waals surface area contributed by atoms with E-state index in [-0.39, 0.29) is 6.61 Å². The van der Waals surface area contributed by atoms with Crippen LogP contribution in [0.1, 0.15) is 103 Å². The van der Waals surface area contributed by atoms with Crippen molar-refractivity contribution in [1.82, 2.24) is 0 Å². The zero-order chi connectivity index (χ0) is 18.6. The molecule has 0 spiro atoms. The topological polar surface area (TPSA) is 77.8 Å². The zero-order valence-corrected chi connectivity index (χ0v) is 16.0. The van der Waals surface area contributed by atoms with Crippen LogP contribution >= 0.6 is 0 Å². The minimum absolute atomic E-state index is 0.111. The zero-order valence-electron chi connectivity index (χ0n) is 16.0. The lowest BCUT2D eigenvalue weighted by Gasteiger charge is -2.06. The molecule has 4 nitrogen and oxygen atoms in total. The number of aliphatic hydroxyl groups excluding tert-OH is 2. The fraction of sp³-hybridized carbons (Fsp3) is 0.857. The molecule has 0 heterocycles. The molecule has 0 aromatic rings. The highest BCUT2D eigenvalue weighted by Gasteiger charge is 2.00. The van der Waals surface area contributed by atoms with Gasteiger partial charge >= 0.3 is 5.97 Å². The van der Waals surface area contributed by atoms with Crippen LogP contribution in [0, 0.1) is 0 Å². The van der Waals surface area contributed by atoms with Gasteiger partial charge in [-0.2, -0.15) is 0 Å². The molecule has 4 heteroatoms. The fourth-order valence-electron chi connectivity index (χ4n) is 2.92. The predicted molar refractivity (Wildman–Crippen MR) is 104 cm³/mol. The maximum atomic E-state index is 10.4. The van der Waals surface area contributed by atoms with Crippen LogP contribution in [-0.4, -0.2) is 34.0 Å². The highest BCUT2D eigenvalue weighted by molar-refractivity contribution is 5.66. The second kappa shape index (κ2) is 19.5. The molecular formula is C21H40O4. The number of allylic oxidation sites excluding steroid dienone is 2. The molecule has 0 saturated heterocycles. The van der Waals surface area contributed by atoms with Crippen molar-refractivity contribution in [2.45, 2.75) is 109 Å². The van der Waals surface area contributed by atoms with E-state index in [1.807, 2.05) is 0 Å². The van der Waals surface area contributed by atoms with Gasteiger partial charge in [-0.15, -0.1) is 0 Å². The largest absolute Gasteiger partial charge is 0.481 e. The Hall–Kier alpha value is -0.870. The molecule has 148 valence electrons. The molecule has 0 aromatic heterocycles. The fourth-order valence-corrected chi connectivity index (χ4v) is 2.92. The van der Waals surface area contributed by atoms with E-state index >= 15 is 0 Å². The number of aliphatic hydroxyl groups is 2. The molecule has 1 unspecified atom stereocenters. The number of hydrogen-bond acceptors (Lipinski definition) is 3. The van der Waals surface area contributed by atoms with E-state index in [1.165, 1.54) is 51.4 Å². The van der Waals surface area contributed by atoms with Crippen molar-refractivity contribution in [3.8, 4) is 0 Å². The summed E-state index contributed by atoms with van der Waals surface area (Å²) in [7, 11) is 0. The minimum Gasteiger partial charge on any atom is -0.481 e. The summed E-state index contributed by atoms with van der Waals surface area (Å²) in [6.45, 7) is -0.111. The van der Waals surface area contributed by atoms with Crippen molar-refractivity contribution >= 4 is 5.97 Å². The van der Waals surface area contributed by atoms with Gasteiger partial charge in [0.2, 0.25) is 0 Å². The van der Waals surface area contributed by atoms with Crippen molar-refractivity contribution in [3.05, 3.63) is 12.2 Å². The van der Waals surface area contributed by atoms with Crippen LogP contribution in [0.5, 0.6) is 0 Å². The molecule has 0 bridgehead atoms.